The van der Waals surface area contributed by atoms with Crippen LogP contribution in [0.1, 0.15) is 38.0 Å². The van der Waals surface area contributed by atoms with Crippen LogP contribution in [0.2, 0.25) is 0 Å². The van der Waals surface area contributed by atoms with Gasteiger partial charge < -0.3 is 19.8 Å². The minimum atomic E-state index is -0.389. The Morgan fingerprint density at radius 2 is 2.24 bits per heavy atom. The Kier molecular flexibility index (Phi) is 4.17. The maximum absolute atomic E-state index is 12.4. The number of hydrogen-bond donors (Lipinski definition) is 2. The number of amides is 2. The highest BCUT2D eigenvalue weighted by atomic mass is 16.5. The number of aromatic nitrogens is 2. The highest BCUT2D eigenvalue weighted by molar-refractivity contribution is 5.90. The van der Waals surface area contributed by atoms with E-state index in [4.69, 9.17) is 4.52 Å². The van der Waals surface area contributed by atoms with E-state index < -0.39 is 0 Å². The fourth-order valence-electron chi connectivity index (χ4n) is 3.15. The van der Waals surface area contributed by atoms with Crippen LogP contribution >= 0.6 is 0 Å². The van der Waals surface area contributed by atoms with Crippen molar-refractivity contribution in [1.29, 1.82) is 0 Å². The first-order valence-electron chi connectivity index (χ1n) is 8.78. The third kappa shape index (κ3) is 3.51. The van der Waals surface area contributed by atoms with Gasteiger partial charge in [0.2, 0.25) is 11.7 Å². The molecule has 0 bridgehead atoms. The molecule has 1 aliphatic carbocycles. The Morgan fingerprint density at radius 1 is 1.40 bits per heavy atom. The first kappa shape index (κ1) is 16.1. The molecule has 0 spiro atoms. The van der Waals surface area contributed by atoms with Crippen LogP contribution in [-0.2, 0) is 0 Å². The first-order valence-corrected chi connectivity index (χ1v) is 8.78. The highest BCUT2D eigenvalue weighted by Gasteiger charge is 2.30. The van der Waals surface area contributed by atoms with Gasteiger partial charge in [-0.05, 0) is 38.3 Å². The van der Waals surface area contributed by atoms with Gasteiger partial charge in [0.15, 0.2) is 0 Å². The number of carbonyl (C=O) groups excluding carboxylic acids is 1. The number of benzene rings is 1. The molecule has 25 heavy (non-hydrogen) atoms. The van der Waals surface area contributed by atoms with Crippen molar-refractivity contribution in [2.24, 2.45) is 5.92 Å². The monoisotopic (exact) mass is 342 g/mol. The van der Waals surface area contributed by atoms with Crippen LogP contribution in [0, 0.1) is 5.92 Å². The van der Waals surface area contributed by atoms with Crippen molar-refractivity contribution in [3.63, 3.8) is 0 Å². The smallest absolute Gasteiger partial charge is 0.321 e. The van der Waals surface area contributed by atoms with Crippen LogP contribution in [-0.4, -0.2) is 45.4 Å². The number of urea groups is 1. The summed E-state index contributed by atoms with van der Waals surface area (Å²) in [6.45, 7) is 3.02. The summed E-state index contributed by atoms with van der Waals surface area (Å²) in [7, 11) is 0. The predicted octanol–water partition coefficient (Wildman–Crippen LogP) is 2.85. The lowest BCUT2D eigenvalue weighted by Crippen LogP contribution is -2.34. The lowest BCUT2D eigenvalue weighted by Gasteiger charge is -2.18. The van der Waals surface area contributed by atoms with E-state index in [0.717, 1.165) is 24.8 Å². The molecule has 2 heterocycles. The van der Waals surface area contributed by atoms with Gasteiger partial charge in [0.25, 0.3) is 0 Å². The lowest BCUT2D eigenvalue weighted by molar-refractivity contribution is 0.130. The molecular formula is C18H22N4O3. The number of carbonyl (C=O) groups is 1. The second-order valence-electron chi connectivity index (χ2n) is 6.98. The van der Waals surface area contributed by atoms with E-state index in [1.807, 2.05) is 24.3 Å². The number of nitrogens with one attached hydrogen (secondary N) is 1. The second-order valence-corrected chi connectivity index (χ2v) is 6.98. The summed E-state index contributed by atoms with van der Waals surface area (Å²) in [5, 5.41) is 16.6. The van der Waals surface area contributed by atoms with Crippen LogP contribution in [0.3, 0.4) is 0 Å². The van der Waals surface area contributed by atoms with Gasteiger partial charge in [-0.25, -0.2) is 4.79 Å². The van der Waals surface area contributed by atoms with Gasteiger partial charge in [0, 0.05) is 36.2 Å². The molecule has 2 fully saturated rings. The second kappa shape index (κ2) is 6.48. The molecule has 1 aromatic carbocycles. The zero-order valence-corrected chi connectivity index (χ0v) is 14.2. The Hall–Kier alpha value is -2.41. The largest absolute Gasteiger partial charge is 0.393 e. The van der Waals surface area contributed by atoms with Gasteiger partial charge in [-0.15, -0.1) is 0 Å². The molecule has 1 aromatic heterocycles. The lowest BCUT2D eigenvalue weighted by atomic mass is 10.0. The summed E-state index contributed by atoms with van der Waals surface area (Å²) in [5.41, 5.74) is 1.51. The zero-order chi connectivity index (χ0) is 17.4. The summed E-state index contributed by atoms with van der Waals surface area (Å²) in [6, 6.07) is 7.30. The van der Waals surface area contributed by atoms with Gasteiger partial charge in [-0.1, -0.05) is 17.3 Å². The molecule has 2 N–H and O–H groups in total. The highest BCUT2D eigenvalue weighted by Crippen LogP contribution is 2.39. The van der Waals surface area contributed by atoms with E-state index >= 15 is 0 Å². The first-order chi connectivity index (χ1) is 12.1. The van der Waals surface area contributed by atoms with Crippen molar-refractivity contribution in [1.82, 2.24) is 15.0 Å². The van der Waals surface area contributed by atoms with Gasteiger partial charge in [0.1, 0.15) is 0 Å². The van der Waals surface area contributed by atoms with Gasteiger partial charge in [-0.2, -0.15) is 4.98 Å². The van der Waals surface area contributed by atoms with Crippen LogP contribution in [0.15, 0.2) is 28.8 Å². The molecule has 0 radical (unpaired) electrons. The van der Waals surface area contributed by atoms with Crippen molar-refractivity contribution >= 4 is 11.7 Å². The Labute approximate surface area is 146 Å². The van der Waals surface area contributed by atoms with Crippen molar-refractivity contribution < 1.29 is 14.4 Å². The minimum absolute atomic E-state index is 0.146. The van der Waals surface area contributed by atoms with Crippen LogP contribution in [0.25, 0.3) is 11.4 Å². The summed E-state index contributed by atoms with van der Waals surface area (Å²) in [4.78, 5) is 18.6. The molecule has 1 saturated heterocycles. The molecule has 2 amide bonds. The standard InChI is InChI=1S/C18H22N4O3/c1-11(23)14-7-8-22(10-14)18(24)19-15-4-2-3-13(9-15)16-20-17(25-21-16)12-5-6-12/h2-4,9,11-12,14,23H,5-8,10H2,1H3,(H,19,24)/t11-,14-/m0/s1. The average molecular weight is 342 g/mol. The van der Waals surface area contributed by atoms with Crippen molar-refractivity contribution in [2.75, 3.05) is 18.4 Å². The number of aliphatic hydroxyl groups is 1. The summed E-state index contributed by atoms with van der Waals surface area (Å²) in [5.74, 6) is 1.82. The molecule has 2 aromatic rings. The normalized spacial score (nSPS) is 21.4. The fourth-order valence-corrected chi connectivity index (χ4v) is 3.15. The van der Waals surface area contributed by atoms with Crippen LogP contribution in [0.4, 0.5) is 10.5 Å². The molecule has 2 aliphatic rings. The van der Waals surface area contributed by atoms with Crippen LogP contribution < -0.4 is 5.32 Å². The van der Waals surface area contributed by atoms with Gasteiger partial charge in [-0.3, -0.25) is 0 Å². The maximum Gasteiger partial charge on any atom is 0.321 e. The minimum Gasteiger partial charge on any atom is -0.393 e. The molecule has 1 aliphatic heterocycles. The number of hydrogen-bond acceptors (Lipinski definition) is 5. The average Bonchev–Trinajstić information content (AvgIpc) is 3.13. The molecule has 0 unspecified atom stereocenters. The Bertz CT molecular complexity index is 769. The van der Waals surface area contributed by atoms with E-state index in [-0.39, 0.29) is 18.1 Å². The van der Waals surface area contributed by atoms with Crippen molar-refractivity contribution in [2.45, 2.75) is 38.2 Å². The number of anilines is 1. The Morgan fingerprint density at radius 3 is 2.96 bits per heavy atom. The fraction of sp³-hybridized carbons (Fsp3) is 0.500. The SMILES string of the molecule is C[C@H](O)[C@H]1CCN(C(=O)Nc2cccc(-c3noc(C4CC4)n3)c2)C1. The third-order valence-corrected chi connectivity index (χ3v) is 4.93. The quantitative estimate of drug-likeness (QED) is 0.891. The number of rotatable bonds is 4. The Balaban J connectivity index is 1.43. The zero-order valence-electron chi connectivity index (χ0n) is 14.2. The number of aliphatic hydroxyl groups excluding tert-OH is 1. The maximum atomic E-state index is 12.4. The van der Waals surface area contributed by atoms with Gasteiger partial charge in [0.05, 0.1) is 6.10 Å². The van der Waals surface area contributed by atoms with Crippen LogP contribution in [0.5, 0.6) is 0 Å². The molecular weight excluding hydrogens is 320 g/mol. The molecule has 4 rings (SSSR count). The van der Waals surface area contributed by atoms with E-state index in [9.17, 15) is 9.90 Å². The molecule has 1 saturated carbocycles. The number of likely N-dealkylation sites (tertiary alicyclic amines) is 1. The summed E-state index contributed by atoms with van der Waals surface area (Å²) >= 11 is 0. The summed E-state index contributed by atoms with van der Waals surface area (Å²) < 4.78 is 5.30. The molecule has 2 atom stereocenters. The third-order valence-electron chi connectivity index (χ3n) is 4.93. The van der Waals surface area contributed by atoms with E-state index in [1.165, 1.54) is 0 Å². The molecule has 7 nitrogen and oxygen atoms in total. The number of nitrogens with zero attached hydrogens (tertiary/aromatic N) is 3. The summed E-state index contributed by atoms with van der Waals surface area (Å²) in [6.07, 6.45) is 2.67. The van der Waals surface area contributed by atoms with E-state index in [2.05, 4.69) is 15.5 Å². The topological polar surface area (TPSA) is 91.5 Å². The van der Waals surface area contributed by atoms with Gasteiger partial charge >= 0.3 is 6.03 Å². The molecule has 132 valence electrons. The predicted molar refractivity (Wildman–Crippen MR) is 92.1 cm³/mol. The van der Waals surface area contributed by atoms with E-state index in [1.54, 1.807) is 11.8 Å². The molecule has 7 heteroatoms. The van der Waals surface area contributed by atoms with E-state index in [0.29, 0.717) is 36.4 Å². The van der Waals surface area contributed by atoms with Crippen molar-refractivity contribution in [3.8, 4) is 11.4 Å². The van der Waals surface area contributed by atoms with Crippen molar-refractivity contribution in [3.05, 3.63) is 30.2 Å².